The highest BCUT2D eigenvalue weighted by molar-refractivity contribution is 7.99. The summed E-state index contributed by atoms with van der Waals surface area (Å²) in [6.45, 7) is 0. The Balaban J connectivity index is 2.15. The molecule has 0 radical (unpaired) electrons. The summed E-state index contributed by atoms with van der Waals surface area (Å²) in [5.41, 5.74) is 1.79. The molecule has 1 heterocycles. The van der Waals surface area contributed by atoms with Crippen LogP contribution in [0.2, 0.25) is 0 Å². The van der Waals surface area contributed by atoms with Gasteiger partial charge in [-0.2, -0.15) is 5.26 Å². The molecule has 18 heavy (non-hydrogen) atoms. The van der Waals surface area contributed by atoms with E-state index >= 15 is 0 Å². The van der Waals surface area contributed by atoms with E-state index in [1.165, 1.54) is 11.8 Å². The topological polar surface area (TPSA) is 58.8 Å². The quantitative estimate of drug-likeness (QED) is 0.788. The first-order valence-electron chi connectivity index (χ1n) is 5.31. The first-order valence-corrected chi connectivity index (χ1v) is 6.30. The van der Waals surface area contributed by atoms with E-state index in [-0.39, 0.29) is 0 Å². The minimum absolute atomic E-state index is 0.385. The maximum Gasteiger partial charge on any atom is 0.120 e. The molecule has 0 atom stereocenters. The third kappa shape index (κ3) is 2.99. The Kier molecular flexibility index (Phi) is 4.15. The van der Waals surface area contributed by atoms with Gasteiger partial charge in [0.25, 0.3) is 0 Å². The monoisotopic (exact) mass is 257 g/mol. The average Bonchev–Trinajstić information content (AvgIpc) is 2.46. The molecule has 1 aromatic carbocycles. The Labute approximate surface area is 110 Å². The summed E-state index contributed by atoms with van der Waals surface area (Å²) in [6, 6.07) is 13.5. The van der Waals surface area contributed by atoms with E-state index in [2.05, 4.69) is 16.3 Å². The van der Waals surface area contributed by atoms with Crippen LogP contribution in [0.1, 0.15) is 0 Å². The molecule has 0 saturated carbocycles. The van der Waals surface area contributed by atoms with Crippen LogP contribution in [0.3, 0.4) is 0 Å². The van der Waals surface area contributed by atoms with Crippen molar-refractivity contribution in [3.63, 3.8) is 0 Å². The van der Waals surface area contributed by atoms with Gasteiger partial charge < -0.3 is 4.74 Å². The zero-order valence-corrected chi connectivity index (χ0v) is 10.6. The molecule has 0 unspecified atom stereocenters. The van der Waals surface area contributed by atoms with Crippen molar-refractivity contribution in [2.75, 3.05) is 12.9 Å². The summed E-state index contributed by atoms with van der Waals surface area (Å²) in [4.78, 5) is 0. The van der Waals surface area contributed by atoms with Crippen LogP contribution < -0.4 is 4.74 Å². The molecule has 0 fully saturated rings. The van der Waals surface area contributed by atoms with Crippen molar-refractivity contribution in [1.82, 2.24) is 10.2 Å². The number of aromatic nitrogens is 2. The fourth-order valence-electron chi connectivity index (χ4n) is 1.42. The number of ether oxygens (including phenoxy) is 1. The van der Waals surface area contributed by atoms with Gasteiger partial charge in [0.15, 0.2) is 0 Å². The van der Waals surface area contributed by atoms with Crippen molar-refractivity contribution < 1.29 is 4.74 Å². The highest BCUT2D eigenvalue weighted by Crippen LogP contribution is 2.21. The fourth-order valence-corrected chi connectivity index (χ4v) is 1.89. The zero-order chi connectivity index (χ0) is 12.8. The molecule has 0 saturated heterocycles. The van der Waals surface area contributed by atoms with E-state index in [0.29, 0.717) is 5.75 Å². The van der Waals surface area contributed by atoms with Crippen molar-refractivity contribution in [2.24, 2.45) is 0 Å². The Morgan fingerprint density at radius 2 is 1.94 bits per heavy atom. The largest absolute Gasteiger partial charge is 0.497 e. The third-order valence-electron chi connectivity index (χ3n) is 2.31. The molecule has 90 valence electrons. The number of nitrogens with zero attached hydrogens (tertiary/aromatic N) is 3. The third-order valence-corrected chi connectivity index (χ3v) is 3.10. The SMILES string of the molecule is COc1ccc(-c2ccc(SCC#N)nn2)cc1. The van der Waals surface area contributed by atoms with Gasteiger partial charge in [0.1, 0.15) is 10.8 Å². The molecule has 5 heteroatoms. The van der Waals surface area contributed by atoms with Gasteiger partial charge in [-0.25, -0.2) is 0 Å². The van der Waals surface area contributed by atoms with Crippen molar-refractivity contribution >= 4 is 11.8 Å². The van der Waals surface area contributed by atoms with E-state index in [1.54, 1.807) is 7.11 Å². The molecular weight excluding hydrogens is 246 g/mol. The number of hydrogen-bond donors (Lipinski definition) is 0. The average molecular weight is 257 g/mol. The van der Waals surface area contributed by atoms with Crippen molar-refractivity contribution in [3.8, 4) is 23.1 Å². The van der Waals surface area contributed by atoms with Crippen molar-refractivity contribution in [2.45, 2.75) is 5.03 Å². The van der Waals surface area contributed by atoms with Crippen molar-refractivity contribution in [1.29, 1.82) is 5.26 Å². The Bertz CT molecular complexity index is 546. The van der Waals surface area contributed by atoms with Gasteiger partial charge in [0.2, 0.25) is 0 Å². The maximum atomic E-state index is 8.48. The van der Waals surface area contributed by atoms with Gasteiger partial charge in [-0.3, -0.25) is 0 Å². The van der Waals surface area contributed by atoms with Crippen LogP contribution in [0.25, 0.3) is 11.3 Å². The lowest BCUT2D eigenvalue weighted by Gasteiger charge is -2.03. The molecule has 0 aliphatic carbocycles. The number of nitriles is 1. The highest BCUT2D eigenvalue weighted by atomic mass is 32.2. The van der Waals surface area contributed by atoms with E-state index in [0.717, 1.165) is 22.0 Å². The molecule has 2 rings (SSSR count). The predicted molar refractivity (Wildman–Crippen MR) is 70.4 cm³/mol. The highest BCUT2D eigenvalue weighted by Gasteiger charge is 2.02. The van der Waals surface area contributed by atoms with E-state index in [9.17, 15) is 0 Å². The first kappa shape index (κ1) is 12.4. The van der Waals surface area contributed by atoms with Crippen LogP contribution in [-0.2, 0) is 0 Å². The summed E-state index contributed by atoms with van der Waals surface area (Å²) >= 11 is 1.38. The van der Waals surface area contributed by atoms with Gasteiger partial charge in [-0.05, 0) is 36.4 Å². The molecule has 0 aliphatic rings. The second kappa shape index (κ2) is 6.03. The summed E-state index contributed by atoms with van der Waals surface area (Å²) in [5, 5.41) is 17.4. The van der Waals surface area contributed by atoms with Gasteiger partial charge in [0, 0.05) is 5.56 Å². The van der Waals surface area contributed by atoms with Gasteiger partial charge >= 0.3 is 0 Å². The number of hydrogen-bond acceptors (Lipinski definition) is 5. The minimum Gasteiger partial charge on any atom is -0.497 e. The van der Waals surface area contributed by atoms with Crippen LogP contribution in [0.5, 0.6) is 5.75 Å². The zero-order valence-electron chi connectivity index (χ0n) is 9.83. The van der Waals surface area contributed by atoms with E-state index in [1.807, 2.05) is 36.4 Å². The Morgan fingerprint density at radius 1 is 1.17 bits per heavy atom. The molecule has 2 aromatic rings. The van der Waals surface area contributed by atoms with Crippen LogP contribution in [-0.4, -0.2) is 23.1 Å². The molecule has 1 aromatic heterocycles. The van der Waals surface area contributed by atoms with Crippen LogP contribution >= 0.6 is 11.8 Å². The predicted octanol–water partition coefficient (Wildman–Crippen LogP) is 2.77. The fraction of sp³-hybridized carbons (Fsp3) is 0.154. The van der Waals surface area contributed by atoms with Crippen molar-refractivity contribution in [3.05, 3.63) is 36.4 Å². The summed E-state index contributed by atoms with van der Waals surface area (Å²) in [6.07, 6.45) is 0. The molecule has 0 N–H and O–H groups in total. The van der Waals surface area contributed by atoms with Crippen LogP contribution in [0.15, 0.2) is 41.4 Å². The number of methoxy groups -OCH3 is 1. The maximum absolute atomic E-state index is 8.48. The number of rotatable bonds is 4. The Hall–Kier alpha value is -2.06. The smallest absolute Gasteiger partial charge is 0.120 e. The van der Waals surface area contributed by atoms with Gasteiger partial charge in [0.05, 0.1) is 24.6 Å². The molecule has 0 bridgehead atoms. The van der Waals surface area contributed by atoms with E-state index < -0.39 is 0 Å². The second-order valence-electron chi connectivity index (χ2n) is 3.43. The number of thioether (sulfide) groups is 1. The lowest BCUT2D eigenvalue weighted by Crippen LogP contribution is -1.90. The standard InChI is InChI=1S/C13H11N3OS/c1-17-11-4-2-10(3-5-11)12-6-7-13(16-15-12)18-9-8-14/h2-7H,9H2,1H3. The first-order chi connectivity index (χ1) is 8.83. The summed E-state index contributed by atoms with van der Waals surface area (Å²) in [7, 11) is 1.63. The molecule has 4 nitrogen and oxygen atoms in total. The normalized spacial score (nSPS) is 9.78. The van der Waals surface area contributed by atoms with Gasteiger partial charge in [-0.15, -0.1) is 10.2 Å². The lowest BCUT2D eigenvalue weighted by atomic mass is 10.1. The van der Waals surface area contributed by atoms with E-state index in [4.69, 9.17) is 10.00 Å². The molecular formula is C13H11N3OS. The second-order valence-corrected chi connectivity index (χ2v) is 4.43. The Morgan fingerprint density at radius 3 is 2.50 bits per heavy atom. The minimum atomic E-state index is 0.385. The summed E-state index contributed by atoms with van der Waals surface area (Å²) < 4.78 is 5.10. The molecule has 0 spiro atoms. The lowest BCUT2D eigenvalue weighted by molar-refractivity contribution is 0.415. The van der Waals surface area contributed by atoms with Crippen LogP contribution in [0.4, 0.5) is 0 Å². The van der Waals surface area contributed by atoms with Crippen LogP contribution in [0, 0.1) is 11.3 Å². The summed E-state index contributed by atoms with van der Waals surface area (Å²) in [5.74, 6) is 1.20. The molecule has 0 amide bonds. The molecule has 0 aliphatic heterocycles. The van der Waals surface area contributed by atoms with Gasteiger partial charge in [-0.1, -0.05) is 11.8 Å². The number of benzene rings is 1.